The molecule has 2 aromatic heterocycles. The lowest BCUT2D eigenvalue weighted by molar-refractivity contribution is -0.143. The highest BCUT2D eigenvalue weighted by Crippen LogP contribution is 2.42. The molecule has 210 valence electrons. The first-order valence-corrected chi connectivity index (χ1v) is 12.4. The number of hydrogen-bond donors (Lipinski definition) is 0. The number of aryl methyl sites for hydroxylation is 1. The van der Waals surface area contributed by atoms with E-state index in [0.29, 0.717) is 37.1 Å². The van der Waals surface area contributed by atoms with E-state index in [1.54, 1.807) is 29.4 Å². The summed E-state index contributed by atoms with van der Waals surface area (Å²) in [6, 6.07) is 10.9. The van der Waals surface area contributed by atoms with Gasteiger partial charge in [-0.2, -0.15) is 26.3 Å². The predicted octanol–water partition coefficient (Wildman–Crippen LogP) is 7.12. The summed E-state index contributed by atoms with van der Waals surface area (Å²) in [5.74, 6) is -0.923. The van der Waals surface area contributed by atoms with Crippen LogP contribution in [0.3, 0.4) is 0 Å². The molecular weight excluding hydrogens is 541 g/mol. The summed E-state index contributed by atoms with van der Waals surface area (Å²) >= 11 is 0. The van der Waals surface area contributed by atoms with Crippen molar-refractivity contribution in [1.29, 1.82) is 0 Å². The molecule has 5 rings (SSSR count). The molecule has 0 unspecified atom stereocenters. The summed E-state index contributed by atoms with van der Waals surface area (Å²) in [5, 5.41) is 7.56. The molecular formula is C28H23F7N4O. The van der Waals surface area contributed by atoms with Gasteiger partial charge in [0.2, 0.25) is 0 Å². The first-order valence-electron chi connectivity index (χ1n) is 12.4. The molecule has 0 spiro atoms. The number of benzene rings is 2. The molecule has 0 N–H and O–H groups in total. The Morgan fingerprint density at radius 2 is 1.52 bits per heavy atom. The van der Waals surface area contributed by atoms with Crippen LogP contribution in [0.1, 0.15) is 64.6 Å². The molecule has 2 aromatic carbocycles. The topological polar surface area (TPSA) is 52.8 Å². The molecule has 3 atom stereocenters. The molecule has 5 nitrogen and oxygen atoms in total. The second kappa shape index (κ2) is 10.6. The maximum absolute atomic E-state index is 13.7. The summed E-state index contributed by atoms with van der Waals surface area (Å²) in [6.45, 7) is 1.86. The molecule has 1 aliphatic carbocycles. The van der Waals surface area contributed by atoms with Gasteiger partial charge in [-0.25, -0.2) is 4.39 Å². The van der Waals surface area contributed by atoms with E-state index in [1.165, 1.54) is 19.1 Å². The Morgan fingerprint density at radius 1 is 0.900 bits per heavy atom. The second-order valence-electron chi connectivity index (χ2n) is 9.70. The Hall–Kier alpha value is -3.80. The van der Waals surface area contributed by atoms with Crippen LogP contribution in [0.5, 0.6) is 0 Å². The zero-order valence-electron chi connectivity index (χ0n) is 21.0. The fourth-order valence-corrected chi connectivity index (χ4v) is 5.03. The Bertz CT molecular complexity index is 1440. The number of rotatable bonds is 6. The largest absolute Gasteiger partial charge is 0.416 e. The molecule has 0 fully saturated rings. The van der Waals surface area contributed by atoms with Gasteiger partial charge in [-0.3, -0.25) is 4.98 Å². The molecule has 4 aromatic rings. The molecule has 0 radical (unpaired) electrons. The second-order valence-corrected chi connectivity index (χ2v) is 9.70. The Labute approximate surface area is 224 Å². The van der Waals surface area contributed by atoms with E-state index in [9.17, 15) is 30.7 Å². The van der Waals surface area contributed by atoms with Gasteiger partial charge in [0.05, 0.1) is 35.6 Å². The standard InChI is InChI=1S/C28H23F7N4O/c1-16(18-10-19(27(30,31)32)12-20(11-18)28(33,34)35)40-25-9-8-24-23(26(25)17-2-4-21(29)5-3-17)7-6-22(38-24)13-39-14-36-37-15-39/h2-7,10-12,14-16,25-26H,8-9,13H2,1H3/t16-,25+,26+/m1/s1. The number of fused-ring (bicyclic) bond motifs is 1. The monoisotopic (exact) mass is 564 g/mol. The zero-order valence-corrected chi connectivity index (χ0v) is 21.0. The van der Waals surface area contributed by atoms with E-state index in [4.69, 9.17) is 9.72 Å². The molecule has 0 amide bonds. The number of ether oxygens (including phenoxy) is 1. The van der Waals surface area contributed by atoms with Crippen LogP contribution in [-0.4, -0.2) is 25.9 Å². The lowest BCUT2D eigenvalue weighted by Gasteiger charge is -2.35. The van der Waals surface area contributed by atoms with E-state index in [0.717, 1.165) is 17.0 Å². The van der Waals surface area contributed by atoms with E-state index in [2.05, 4.69) is 10.2 Å². The molecule has 12 heteroatoms. The smallest absolute Gasteiger partial charge is 0.370 e. The van der Waals surface area contributed by atoms with Crippen molar-refractivity contribution in [2.45, 2.75) is 56.8 Å². The Kier molecular flexibility index (Phi) is 7.38. The lowest BCUT2D eigenvalue weighted by atomic mass is 9.78. The van der Waals surface area contributed by atoms with Crippen molar-refractivity contribution in [2.75, 3.05) is 0 Å². The van der Waals surface area contributed by atoms with Crippen LogP contribution in [0.4, 0.5) is 30.7 Å². The van der Waals surface area contributed by atoms with Gasteiger partial charge in [0.15, 0.2) is 0 Å². The average molecular weight is 565 g/mol. The summed E-state index contributed by atoms with van der Waals surface area (Å²) < 4.78 is 102. The van der Waals surface area contributed by atoms with Crippen molar-refractivity contribution >= 4 is 0 Å². The van der Waals surface area contributed by atoms with Crippen LogP contribution >= 0.6 is 0 Å². The summed E-state index contributed by atoms with van der Waals surface area (Å²) in [7, 11) is 0. The predicted molar refractivity (Wildman–Crippen MR) is 130 cm³/mol. The van der Waals surface area contributed by atoms with Crippen molar-refractivity contribution < 1.29 is 35.5 Å². The molecule has 0 bridgehead atoms. The minimum absolute atomic E-state index is 0.0947. The van der Waals surface area contributed by atoms with Crippen molar-refractivity contribution in [3.8, 4) is 0 Å². The van der Waals surface area contributed by atoms with Crippen LogP contribution in [0.25, 0.3) is 0 Å². The summed E-state index contributed by atoms with van der Waals surface area (Å²) in [4.78, 5) is 4.77. The van der Waals surface area contributed by atoms with E-state index in [-0.39, 0.29) is 11.6 Å². The fourth-order valence-electron chi connectivity index (χ4n) is 5.03. The highest BCUT2D eigenvalue weighted by Gasteiger charge is 2.38. The van der Waals surface area contributed by atoms with Gasteiger partial charge >= 0.3 is 12.4 Å². The van der Waals surface area contributed by atoms with Crippen molar-refractivity contribution in [3.05, 3.63) is 112 Å². The molecule has 0 saturated carbocycles. The van der Waals surface area contributed by atoms with Gasteiger partial charge in [-0.1, -0.05) is 18.2 Å². The van der Waals surface area contributed by atoms with Crippen LogP contribution in [0.15, 0.2) is 67.3 Å². The summed E-state index contributed by atoms with van der Waals surface area (Å²) in [6.07, 6.45) is -7.67. The van der Waals surface area contributed by atoms with Crippen LogP contribution in [0.2, 0.25) is 0 Å². The Morgan fingerprint density at radius 3 is 2.12 bits per heavy atom. The number of alkyl halides is 6. The van der Waals surface area contributed by atoms with Gasteiger partial charge in [-0.05, 0) is 72.9 Å². The van der Waals surface area contributed by atoms with Gasteiger partial charge in [0.25, 0.3) is 0 Å². The average Bonchev–Trinajstić information content (AvgIpc) is 3.41. The number of hydrogen-bond acceptors (Lipinski definition) is 4. The SMILES string of the molecule is C[C@@H](O[C@H]1CCc2nc(Cn3cnnc3)ccc2[C@@H]1c1ccc(F)cc1)c1cc(C(F)(F)F)cc(C(F)(F)F)c1. The van der Waals surface area contributed by atoms with E-state index < -0.39 is 47.4 Å². The Balaban J connectivity index is 1.48. The third-order valence-electron chi connectivity index (χ3n) is 6.94. The van der Waals surface area contributed by atoms with Crippen molar-refractivity contribution in [1.82, 2.24) is 19.7 Å². The van der Waals surface area contributed by atoms with Gasteiger partial charge in [0, 0.05) is 11.6 Å². The highest BCUT2D eigenvalue weighted by molar-refractivity contribution is 5.40. The molecule has 1 aliphatic rings. The quantitative estimate of drug-likeness (QED) is 0.234. The first kappa shape index (κ1) is 27.8. The van der Waals surface area contributed by atoms with Crippen LogP contribution in [-0.2, 0) is 30.1 Å². The maximum atomic E-state index is 13.7. The normalized spacial score (nSPS) is 18.4. The number of nitrogens with zero attached hydrogens (tertiary/aromatic N) is 4. The van der Waals surface area contributed by atoms with Gasteiger partial charge in [-0.15, -0.1) is 10.2 Å². The first-order chi connectivity index (χ1) is 18.9. The van der Waals surface area contributed by atoms with Gasteiger partial charge < -0.3 is 9.30 Å². The third-order valence-corrected chi connectivity index (χ3v) is 6.94. The van der Waals surface area contributed by atoms with Crippen molar-refractivity contribution in [2.24, 2.45) is 0 Å². The minimum Gasteiger partial charge on any atom is -0.370 e. The maximum Gasteiger partial charge on any atom is 0.416 e. The van der Waals surface area contributed by atoms with E-state index in [1.807, 2.05) is 12.1 Å². The highest BCUT2D eigenvalue weighted by atomic mass is 19.4. The van der Waals surface area contributed by atoms with Crippen LogP contribution in [0, 0.1) is 5.82 Å². The number of halogens is 7. The minimum atomic E-state index is -4.97. The lowest BCUT2D eigenvalue weighted by Crippen LogP contribution is -2.31. The molecule has 0 saturated heterocycles. The van der Waals surface area contributed by atoms with Gasteiger partial charge in [0.1, 0.15) is 18.5 Å². The number of aromatic nitrogens is 4. The molecule has 0 aliphatic heterocycles. The zero-order chi connectivity index (χ0) is 28.7. The van der Waals surface area contributed by atoms with E-state index >= 15 is 0 Å². The molecule has 40 heavy (non-hydrogen) atoms. The van der Waals surface area contributed by atoms with Crippen LogP contribution < -0.4 is 0 Å². The fraction of sp³-hybridized carbons (Fsp3) is 0.321. The summed E-state index contributed by atoms with van der Waals surface area (Å²) in [5.41, 5.74) is -0.0225. The molecule has 2 heterocycles. The van der Waals surface area contributed by atoms with Crippen molar-refractivity contribution in [3.63, 3.8) is 0 Å². The number of pyridine rings is 1. The third kappa shape index (κ3) is 6.01.